The number of ether oxygens (including phenoxy) is 2. The van der Waals surface area contributed by atoms with Crippen molar-refractivity contribution in [3.05, 3.63) is 78.4 Å². The Labute approximate surface area is 152 Å². The molecule has 2 aromatic carbocycles. The topological polar surface area (TPSA) is 64.6 Å². The van der Waals surface area contributed by atoms with Crippen molar-refractivity contribution in [3.8, 4) is 11.5 Å². The first kappa shape index (κ1) is 19.0. The zero-order chi connectivity index (χ0) is 18.8. The third kappa shape index (κ3) is 6.28. The first-order valence-electron chi connectivity index (χ1n) is 8.18. The maximum atomic E-state index is 12.0. The van der Waals surface area contributed by atoms with Gasteiger partial charge in [-0.25, -0.2) is 4.79 Å². The lowest BCUT2D eigenvalue weighted by molar-refractivity contribution is -0.142. The highest BCUT2D eigenvalue weighted by molar-refractivity contribution is 5.95. The number of aryl methyl sites for hydroxylation is 1. The highest BCUT2D eigenvalue weighted by Gasteiger charge is 2.10. The number of amides is 1. The number of para-hydroxylation sites is 2. The van der Waals surface area contributed by atoms with Crippen LogP contribution in [0.4, 0.5) is 5.69 Å². The van der Waals surface area contributed by atoms with Gasteiger partial charge in [0.15, 0.2) is 12.4 Å². The highest BCUT2D eigenvalue weighted by atomic mass is 16.5. The zero-order valence-electron chi connectivity index (χ0n) is 14.8. The van der Waals surface area contributed by atoms with Crippen LogP contribution in [0.5, 0.6) is 11.5 Å². The van der Waals surface area contributed by atoms with E-state index < -0.39 is 11.9 Å². The Balaban J connectivity index is 1.95. The molecule has 5 heteroatoms. The van der Waals surface area contributed by atoms with Crippen molar-refractivity contribution in [2.45, 2.75) is 13.8 Å². The van der Waals surface area contributed by atoms with E-state index in [0.717, 1.165) is 5.56 Å². The molecule has 0 aliphatic rings. The molecule has 1 amide bonds. The van der Waals surface area contributed by atoms with Gasteiger partial charge in [-0.1, -0.05) is 48.1 Å². The average molecular weight is 351 g/mol. The monoisotopic (exact) mass is 351 g/mol. The summed E-state index contributed by atoms with van der Waals surface area (Å²) in [5.41, 5.74) is 1.63. The standard InChI is InChI=1S/C21H21NO4/c1-3-4-5-10-21(24)25-15-20(23)22-18-8-6-7-9-19(18)26-17-13-11-16(2)12-14-17/h3-14H,15H2,1-2H3,(H,22,23)/b4-3+,10-5+. The summed E-state index contributed by atoms with van der Waals surface area (Å²) in [7, 11) is 0. The molecule has 0 spiro atoms. The number of hydrogen-bond donors (Lipinski definition) is 1. The number of allylic oxidation sites excluding steroid dienone is 3. The molecule has 0 unspecified atom stereocenters. The van der Waals surface area contributed by atoms with Gasteiger partial charge in [-0.2, -0.15) is 0 Å². The van der Waals surface area contributed by atoms with Crippen LogP contribution in [0.15, 0.2) is 72.8 Å². The van der Waals surface area contributed by atoms with Gasteiger partial charge in [-0.05, 0) is 38.1 Å². The molecular formula is C21H21NO4. The number of carbonyl (C=O) groups excluding carboxylic acids is 2. The predicted octanol–water partition coefficient (Wildman–Crippen LogP) is 4.40. The van der Waals surface area contributed by atoms with E-state index in [1.807, 2.05) is 44.2 Å². The summed E-state index contributed by atoms with van der Waals surface area (Å²) in [6.07, 6.45) is 6.27. The molecule has 0 saturated carbocycles. The largest absolute Gasteiger partial charge is 0.455 e. The van der Waals surface area contributed by atoms with Gasteiger partial charge in [0.2, 0.25) is 0 Å². The lowest BCUT2D eigenvalue weighted by Gasteiger charge is -2.12. The smallest absolute Gasteiger partial charge is 0.331 e. The maximum absolute atomic E-state index is 12.0. The van der Waals surface area contributed by atoms with Gasteiger partial charge in [0, 0.05) is 6.08 Å². The number of carbonyl (C=O) groups is 2. The summed E-state index contributed by atoms with van der Waals surface area (Å²) in [6.45, 7) is 3.45. The molecule has 0 aliphatic heterocycles. The van der Waals surface area contributed by atoms with Crippen LogP contribution in [0.2, 0.25) is 0 Å². The summed E-state index contributed by atoms with van der Waals surface area (Å²) < 4.78 is 10.7. The molecular weight excluding hydrogens is 330 g/mol. The van der Waals surface area contributed by atoms with Gasteiger partial charge < -0.3 is 14.8 Å². The van der Waals surface area contributed by atoms with E-state index in [9.17, 15) is 9.59 Å². The first-order chi connectivity index (χ1) is 12.6. The number of anilines is 1. The summed E-state index contributed by atoms with van der Waals surface area (Å²) >= 11 is 0. The van der Waals surface area contributed by atoms with Gasteiger partial charge in [-0.3, -0.25) is 4.79 Å². The van der Waals surface area contributed by atoms with E-state index >= 15 is 0 Å². The molecule has 5 nitrogen and oxygen atoms in total. The van der Waals surface area contributed by atoms with Crippen LogP contribution < -0.4 is 10.1 Å². The molecule has 26 heavy (non-hydrogen) atoms. The van der Waals surface area contributed by atoms with Crippen molar-refractivity contribution in [2.75, 3.05) is 11.9 Å². The predicted molar refractivity (Wildman–Crippen MR) is 101 cm³/mol. The fraction of sp³-hybridized carbons (Fsp3) is 0.143. The number of hydrogen-bond acceptors (Lipinski definition) is 4. The highest BCUT2D eigenvalue weighted by Crippen LogP contribution is 2.29. The molecule has 0 bridgehead atoms. The molecule has 0 aliphatic carbocycles. The van der Waals surface area contributed by atoms with Crippen LogP contribution in [0.1, 0.15) is 12.5 Å². The zero-order valence-corrected chi connectivity index (χ0v) is 14.8. The number of benzene rings is 2. The third-order valence-electron chi connectivity index (χ3n) is 3.29. The molecule has 0 fully saturated rings. The maximum Gasteiger partial charge on any atom is 0.331 e. The number of esters is 1. The quantitative estimate of drug-likeness (QED) is 0.456. The summed E-state index contributed by atoms with van der Waals surface area (Å²) in [4.78, 5) is 23.5. The normalized spacial score (nSPS) is 10.8. The lowest BCUT2D eigenvalue weighted by Crippen LogP contribution is -2.20. The third-order valence-corrected chi connectivity index (χ3v) is 3.29. The minimum absolute atomic E-state index is 0.377. The van der Waals surface area contributed by atoms with E-state index in [1.54, 1.807) is 36.4 Å². The van der Waals surface area contributed by atoms with Crippen LogP contribution in [-0.4, -0.2) is 18.5 Å². The van der Waals surface area contributed by atoms with E-state index in [2.05, 4.69) is 5.32 Å². The minimum atomic E-state index is -0.581. The average Bonchev–Trinajstić information content (AvgIpc) is 2.64. The fourth-order valence-corrected chi connectivity index (χ4v) is 2.01. The summed E-state index contributed by atoms with van der Waals surface area (Å²) in [6, 6.07) is 14.7. The van der Waals surface area contributed by atoms with Gasteiger partial charge in [0.1, 0.15) is 5.75 Å². The van der Waals surface area contributed by atoms with Crippen LogP contribution in [-0.2, 0) is 14.3 Å². The van der Waals surface area contributed by atoms with Crippen molar-refractivity contribution in [3.63, 3.8) is 0 Å². The Morgan fingerprint density at radius 1 is 1.04 bits per heavy atom. The second-order valence-electron chi connectivity index (χ2n) is 5.45. The Morgan fingerprint density at radius 3 is 2.50 bits per heavy atom. The van der Waals surface area contributed by atoms with E-state index in [-0.39, 0.29) is 6.61 Å². The van der Waals surface area contributed by atoms with Crippen LogP contribution in [0, 0.1) is 6.92 Å². The Hall–Kier alpha value is -3.34. The van der Waals surface area contributed by atoms with E-state index in [4.69, 9.17) is 9.47 Å². The molecule has 0 aromatic heterocycles. The van der Waals surface area contributed by atoms with Gasteiger partial charge in [0.25, 0.3) is 5.91 Å². The van der Waals surface area contributed by atoms with Crippen molar-refractivity contribution in [1.82, 2.24) is 0 Å². The summed E-state index contributed by atoms with van der Waals surface area (Å²) in [5, 5.41) is 2.69. The van der Waals surface area contributed by atoms with Crippen molar-refractivity contribution >= 4 is 17.6 Å². The lowest BCUT2D eigenvalue weighted by atomic mass is 10.2. The first-order valence-corrected chi connectivity index (χ1v) is 8.18. The van der Waals surface area contributed by atoms with Crippen molar-refractivity contribution in [2.24, 2.45) is 0 Å². The van der Waals surface area contributed by atoms with Crippen molar-refractivity contribution < 1.29 is 19.1 Å². The molecule has 0 heterocycles. The fourth-order valence-electron chi connectivity index (χ4n) is 2.01. The minimum Gasteiger partial charge on any atom is -0.455 e. The molecule has 1 N–H and O–H groups in total. The van der Waals surface area contributed by atoms with Crippen LogP contribution >= 0.6 is 0 Å². The molecule has 0 atom stereocenters. The van der Waals surface area contributed by atoms with E-state index in [0.29, 0.717) is 17.2 Å². The molecule has 134 valence electrons. The molecule has 0 radical (unpaired) electrons. The molecule has 2 aromatic rings. The van der Waals surface area contributed by atoms with Crippen LogP contribution in [0.25, 0.3) is 0 Å². The second kappa shape index (κ2) is 9.84. The van der Waals surface area contributed by atoms with Crippen LogP contribution in [0.3, 0.4) is 0 Å². The van der Waals surface area contributed by atoms with E-state index in [1.165, 1.54) is 6.08 Å². The van der Waals surface area contributed by atoms with Gasteiger partial charge in [-0.15, -0.1) is 0 Å². The Kier molecular flexibility index (Phi) is 7.18. The Bertz CT molecular complexity index is 807. The van der Waals surface area contributed by atoms with Gasteiger partial charge in [0.05, 0.1) is 5.69 Å². The summed E-state index contributed by atoms with van der Waals surface area (Å²) in [5.74, 6) is 0.141. The molecule has 0 saturated heterocycles. The van der Waals surface area contributed by atoms with Gasteiger partial charge >= 0.3 is 5.97 Å². The number of nitrogens with one attached hydrogen (secondary N) is 1. The molecule has 2 rings (SSSR count). The number of rotatable bonds is 7. The SMILES string of the molecule is C/C=C/C=C/C(=O)OCC(=O)Nc1ccccc1Oc1ccc(C)cc1. The van der Waals surface area contributed by atoms with Crippen molar-refractivity contribution in [1.29, 1.82) is 0 Å². The second-order valence-corrected chi connectivity index (χ2v) is 5.45. The Morgan fingerprint density at radius 2 is 1.77 bits per heavy atom.